The van der Waals surface area contributed by atoms with E-state index in [2.05, 4.69) is 35.0 Å². The fourth-order valence-electron chi connectivity index (χ4n) is 4.35. The van der Waals surface area contributed by atoms with Crippen molar-refractivity contribution < 1.29 is 9.59 Å². The highest BCUT2D eigenvalue weighted by Gasteiger charge is 2.53. The van der Waals surface area contributed by atoms with Crippen molar-refractivity contribution in [3.63, 3.8) is 0 Å². The molecule has 2 aromatic carbocycles. The zero-order valence-corrected chi connectivity index (χ0v) is 15.7. The zero-order valence-electron chi connectivity index (χ0n) is 14.1. The Morgan fingerprint density at radius 1 is 0.960 bits per heavy atom. The van der Waals surface area contributed by atoms with Crippen LogP contribution in [0.4, 0.5) is 5.69 Å². The van der Waals surface area contributed by atoms with E-state index in [1.54, 1.807) is 0 Å². The Morgan fingerprint density at radius 3 is 2.28 bits per heavy atom. The molecule has 0 aromatic heterocycles. The van der Waals surface area contributed by atoms with E-state index in [0.29, 0.717) is 5.69 Å². The monoisotopic (exact) mass is 397 g/mol. The van der Waals surface area contributed by atoms with Crippen molar-refractivity contribution in [2.24, 2.45) is 11.8 Å². The summed E-state index contributed by atoms with van der Waals surface area (Å²) >= 11 is 3.40. The molecule has 2 fully saturated rings. The first-order valence-electron chi connectivity index (χ1n) is 8.68. The predicted octanol–water partition coefficient (Wildman–Crippen LogP) is 4.70. The highest BCUT2D eigenvalue weighted by atomic mass is 79.9. The Bertz CT molecular complexity index is 818. The number of nitrogens with zero attached hydrogens (tertiary/aromatic N) is 1. The van der Waals surface area contributed by atoms with Gasteiger partial charge in [-0.25, -0.2) is 0 Å². The lowest BCUT2D eigenvalue weighted by atomic mass is 9.64. The van der Waals surface area contributed by atoms with Gasteiger partial charge in [0.05, 0.1) is 17.5 Å². The largest absolute Gasteiger partial charge is 0.274 e. The van der Waals surface area contributed by atoms with Crippen molar-refractivity contribution in [3.8, 4) is 0 Å². The molecule has 0 unspecified atom stereocenters. The molecule has 2 aliphatic rings. The lowest BCUT2D eigenvalue weighted by Gasteiger charge is -2.38. The summed E-state index contributed by atoms with van der Waals surface area (Å²) in [7, 11) is 0. The summed E-state index contributed by atoms with van der Waals surface area (Å²) in [4.78, 5) is 27.3. The summed E-state index contributed by atoms with van der Waals surface area (Å²) < 4.78 is 0.935. The van der Waals surface area contributed by atoms with Gasteiger partial charge < -0.3 is 0 Å². The quantitative estimate of drug-likeness (QED) is 0.688. The second-order valence-electron chi connectivity index (χ2n) is 7.37. The Balaban J connectivity index is 1.64. The van der Waals surface area contributed by atoms with E-state index in [1.807, 2.05) is 42.5 Å². The Kier molecular flexibility index (Phi) is 4.03. The lowest BCUT2D eigenvalue weighted by Crippen LogP contribution is -2.36. The zero-order chi connectivity index (χ0) is 17.6. The standard InChI is InChI=1S/C21H20BrNO2/c1-21(14-5-3-2-4-6-14)12-11-17-18(13-21)20(25)23(19(17)24)16-9-7-15(22)8-10-16/h2-10,17-18H,11-13H2,1H3/t17-,18+,21+/m1/s1. The normalized spacial score (nSPS) is 29.0. The van der Waals surface area contributed by atoms with E-state index < -0.39 is 0 Å². The van der Waals surface area contributed by atoms with Gasteiger partial charge in [0, 0.05) is 4.47 Å². The second-order valence-corrected chi connectivity index (χ2v) is 8.29. The van der Waals surface area contributed by atoms with Gasteiger partial charge in [-0.3, -0.25) is 14.5 Å². The van der Waals surface area contributed by atoms with Crippen molar-refractivity contribution in [1.29, 1.82) is 0 Å². The van der Waals surface area contributed by atoms with Crippen LogP contribution in [0.2, 0.25) is 0 Å². The number of amides is 2. The molecule has 0 N–H and O–H groups in total. The number of carbonyl (C=O) groups is 2. The number of hydrogen-bond donors (Lipinski definition) is 0. The molecular formula is C21H20BrNO2. The van der Waals surface area contributed by atoms with Crippen LogP contribution in [0.25, 0.3) is 0 Å². The summed E-state index contributed by atoms with van der Waals surface area (Å²) in [5, 5.41) is 0. The fourth-order valence-corrected chi connectivity index (χ4v) is 4.61. The molecule has 3 atom stereocenters. The van der Waals surface area contributed by atoms with Crippen molar-refractivity contribution in [2.45, 2.75) is 31.6 Å². The van der Waals surface area contributed by atoms with Crippen molar-refractivity contribution in [2.75, 3.05) is 4.90 Å². The van der Waals surface area contributed by atoms with Crippen LogP contribution in [0.1, 0.15) is 31.7 Å². The number of carbonyl (C=O) groups excluding carboxylic acids is 2. The fraction of sp³-hybridized carbons (Fsp3) is 0.333. The van der Waals surface area contributed by atoms with E-state index in [-0.39, 0.29) is 29.1 Å². The molecule has 4 heteroatoms. The first-order valence-corrected chi connectivity index (χ1v) is 9.48. The molecule has 25 heavy (non-hydrogen) atoms. The number of imide groups is 1. The molecule has 3 nitrogen and oxygen atoms in total. The van der Waals surface area contributed by atoms with Gasteiger partial charge in [0.15, 0.2) is 0 Å². The molecule has 1 heterocycles. The summed E-state index contributed by atoms with van der Waals surface area (Å²) in [6, 6.07) is 17.8. The first kappa shape index (κ1) is 16.5. The molecular weight excluding hydrogens is 378 g/mol. The average Bonchev–Trinajstić information content (AvgIpc) is 2.87. The topological polar surface area (TPSA) is 37.4 Å². The molecule has 1 aliphatic carbocycles. The van der Waals surface area contributed by atoms with E-state index >= 15 is 0 Å². The summed E-state index contributed by atoms with van der Waals surface area (Å²) in [6.45, 7) is 2.22. The van der Waals surface area contributed by atoms with Gasteiger partial charge in [-0.15, -0.1) is 0 Å². The molecule has 1 saturated carbocycles. The number of hydrogen-bond acceptors (Lipinski definition) is 2. The number of anilines is 1. The molecule has 0 radical (unpaired) electrons. The Hall–Kier alpha value is -1.94. The van der Waals surface area contributed by atoms with Crippen LogP contribution < -0.4 is 4.90 Å². The molecule has 0 bridgehead atoms. The second kappa shape index (κ2) is 6.10. The maximum atomic E-state index is 13.0. The number of benzene rings is 2. The summed E-state index contributed by atoms with van der Waals surface area (Å²) in [5.41, 5.74) is 1.89. The van der Waals surface area contributed by atoms with Crippen molar-refractivity contribution in [1.82, 2.24) is 0 Å². The SMILES string of the molecule is C[C@]1(c2ccccc2)CC[C@H]2C(=O)N(c3ccc(Br)cc3)C(=O)[C@H]2C1. The van der Waals surface area contributed by atoms with Crippen LogP contribution in [0.5, 0.6) is 0 Å². The van der Waals surface area contributed by atoms with E-state index in [1.165, 1.54) is 10.5 Å². The average molecular weight is 398 g/mol. The Morgan fingerprint density at radius 2 is 1.60 bits per heavy atom. The molecule has 128 valence electrons. The molecule has 0 spiro atoms. The Labute approximate surface area is 156 Å². The number of halogens is 1. The maximum Gasteiger partial charge on any atom is 0.237 e. The highest BCUT2D eigenvalue weighted by molar-refractivity contribution is 9.10. The van der Waals surface area contributed by atoms with Gasteiger partial charge in [-0.1, -0.05) is 53.2 Å². The molecule has 2 amide bonds. The number of fused-ring (bicyclic) bond motifs is 1. The minimum Gasteiger partial charge on any atom is -0.274 e. The predicted molar refractivity (Wildman–Crippen MR) is 101 cm³/mol. The van der Waals surface area contributed by atoms with Gasteiger partial charge in [0.25, 0.3) is 0 Å². The number of rotatable bonds is 2. The molecule has 1 saturated heterocycles. The van der Waals surface area contributed by atoms with Gasteiger partial charge in [-0.2, -0.15) is 0 Å². The van der Waals surface area contributed by atoms with Crippen LogP contribution in [0.3, 0.4) is 0 Å². The highest BCUT2D eigenvalue weighted by Crippen LogP contribution is 2.48. The van der Waals surface area contributed by atoms with E-state index in [9.17, 15) is 9.59 Å². The minimum atomic E-state index is -0.213. The van der Waals surface area contributed by atoms with Gasteiger partial charge in [0.2, 0.25) is 11.8 Å². The molecule has 1 aliphatic heterocycles. The van der Waals surface area contributed by atoms with Gasteiger partial charge >= 0.3 is 0 Å². The van der Waals surface area contributed by atoms with Crippen LogP contribution in [-0.4, -0.2) is 11.8 Å². The first-order chi connectivity index (χ1) is 12.0. The maximum absolute atomic E-state index is 13.0. The molecule has 2 aromatic rings. The summed E-state index contributed by atoms with van der Waals surface area (Å²) in [5.74, 6) is -0.463. The third kappa shape index (κ3) is 2.73. The van der Waals surface area contributed by atoms with Crippen LogP contribution in [0.15, 0.2) is 59.1 Å². The van der Waals surface area contributed by atoms with Gasteiger partial charge in [-0.05, 0) is 54.5 Å². The van der Waals surface area contributed by atoms with Crippen LogP contribution >= 0.6 is 15.9 Å². The van der Waals surface area contributed by atoms with E-state index in [4.69, 9.17) is 0 Å². The van der Waals surface area contributed by atoms with Crippen LogP contribution in [-0.2, 0) is 15.0 Å². The smallest absolute Gasteiger partial charge is 0.237 e. The van der Waals surface area contributed by atoms with Crippen molar-refractivity contribution >= 4 is 33.4 Å². The van der Waals surface area contributed by atoms with Crippen LogP contribution in [0, 0.1) is 11.8 Å². The third-order valence-electron chi connectivity index (χ3n) is 5.79. The third-order valence-corrected chi connectivity index (χ3v) is 6.32. The summed E-state index contributed by atoms with van der Waals surface area (Å²) in [6.07, 6.45) is 2.44. The van der Waals surface area contributed by atoms with Gasteiger partial charge in [0.1, 0.15) is 0 Å². The minimum absolute atomic E-state index is 0.0348. The van der Waals surface area contributed by atoms with Crippen molar-refractivity contribution in [3.05, 3.63) is 64.6 Å². The lowest BCUT2D eigenvalue weighted by molar-refractivity contribution is -0.122. The molecule has 4 rings (SSSR count). The van der Waals surface area contributed by atoms with E-state index in [0.717, 1.165) is 23.7 Å².